The van der Waals surface area contributed by atoms with E-state index in [1.54, 1.807) is 28.6 Å². The molecule has 0 saturated heterocycles. The third-order valence-electron chi connectivity index (χ3n) is 22.9. The first-order chi connectivity index (χ1) is 54.6. The number of carbonyl (C=O) groups is 3. The van der Waals surface area contributed by atoms with Gasteiger partial charge in [0.25, 0.3) is 0 Å². The summed E-state index contributed by atoms with van der Waals surface area (Å²) in [6.07, 6.45) is 5.68. The highest BCUT2D eigenvalue weighted by Gasteiger charge is 2.34. The van der Waals surface area contributed by atoms with E-state index in [9.17, 15) is 39.6 Å². The Bertz CT molecular complexity index is 5040. The Morgan fingerprint density at radius 2 is 0.564 bits per heavy atom. The van der Waals surface area contributed by atoms with Crippen LogP contribution in [0.2, 0.25) is 0 Å². The molecular weight excluding hydrogens is 1510 g/mol. The Hall–Kier alpha value is -8.40. The molecule has 0 aromatic heterocycles. The lowest BCUT2D eigenvalue weighted by Crippen LogP contribution is -2.41. The maximum atomic E-state index is 13.6. The summed E-state index contributed by atoms with van der Waals surface area (Å²) in [5.41, 5.74) is 20.6. The summed E-state index contributed by atoms with van der Waals surface area (Å²) in [5.74, 6) is 0.436. The van der Waals surface area contributed by atoms with Crippen LogP contribution in [0.25, 0.3) is 0 Å². The zero-order chi connectivity index (χ0) is 84.2. The van der Waals surface area contributed by atoms with Gasteiger partial charge < -0.3 is 0 Å². The first-order valence-electron chi connectivity index (χ1n) is 41.2. The molecule has 0 saturated carbocycles. The topological polar surface area (TPSA) is 173 Å². The van der Waals surface area contributed by atoms with Crippen LogP contribution in [0.15, 0.2) is 203 Å². The van der Waals surface area contributed by atoms with Crippen molar-refractivity contribution in [2.24, 2.45) is 0 Å². The van der Waals surface area contributed by atoms with Crippen LogP contribution in [0.5, 0.6) is 0 Å². The lowest BCUT2D eigenvalue weighted by Gasteiger charge is -2.36. The Balaban J connectivity index is 0.000000200. The average Bonchev–Trinajstić information content (AvgIpc) is 0.787. The predicted octanol–water partition coefficient (Wildman–Crippen LogP) is 20.2. The summed E-state index contributed by atoms with van der Waals surface area (Å²) in [6, 6.07) is 61.1. The van der Waals surface area contributed by atoms with Crippen molar-refractivity contribution >= 4 is 47.4 Å². The fraction of sp³-hybridized carbons (Fsp3) is 0.424. The van der Waals surface area contributed by atoms with Crippen molar-refractivity contribution in [1.82, 2.24) is 27.6 Å². The van der Waals surface area contributed by atoms with Crippen LogP contribution in [-0.4, -0.2) is 126 Å². The molecule has 0 radical (unpaired) electrons. The summed E-state index contributed by atoms with van der Waals surface area (Å²) in [6.45, 7) is 43.2. The fourth-order valence-electron chi connectivity index (χ4n) is 15.6. The first-order valence-corrected chi connectivity index (χ1v) is 45.5. The van der Waals surface area contributed by atoms with Crippen LogP contribution < -0.4 is 0 Å². The largest absolute Gasteiger partial charge is 0.294 e. The van der Waals surface area contributed by atoms with Gasteiger partial charge >= 0.3 is 0 Å². The van der Waals surface area contributed by atoms with Crippen molar-refractivity contribution in [2.75, 3.05) is 39.3 Å². The number of Topliss-reactive ketones (excluding diaryl/α,β-unsaturated/α-hetero) is 3. The quantitative estimate of drug-likeness (QED) is 0.0447. The van der Waals surface area contributed by atoms with E-state index in [0.29, 0.717) is 92.5 Å². The second kappa shape index (κ2) is 39.7. The second-order valence-corrected chi connectivity index (χ2v) is 41.1. The fourth-order valence-corrected chi connectivity index (χ4v) is 20.2. The summed E-state index contributed by atoms with van der Waals surface area (Å²) in [7, 11) is -10.7. The van der Waals surface area contributed by atoms with Crippen LogP contribution in [0, 0.1) is 55.4 Å². The van der Waals surface area contributed by atoms with E-state index in [4.69, 9.17) is 0 Å². The van der Waals surface area contributed by atoms with Gasteiger partial charge in [0.2, 0.25) is 30.1 Å². The highest BCUT2D eigenvalue weighted by molar-refractivity contribution is 7.89. The molecule has 0 amide bonds. The van der Waals surface area contributed by atoms with Crippen molar-refractivity contribution in [3.05, 3.63) is 299 Å². The van der Waals surface area contributed by atoms with Crippen LogP contribution >= 0.6 is 0 Å². The molecule has 9 aromatic rings. The van der Waals surface area contributed by atoms with Gasteiger partial charge in [0.1, 0.15) is 0 Å². The Morgan fingerprint density at radius 1 is 0.316 bits per heavy atom. The number of fused-ring (bicyclic) bond motifs is 3. The van der Waals surface area contributed by atoms with E-state index >= 15 is 0 Å². The highest BCUT2D eigenvalue weighted by atomic mass is 32.2. The number of rotatable bonds is 27. The molecule has 0 aliphatic carbocycles. The minimum Gasteiger partial charge on any atom is -0.294 e. The molecule has 3 aliphatic rings. The maximum Gasteiger partial charge on any atom is 0.243 e. The minimum absolute atomic E-state index is 0. The maximum absolute atomic E-state index is 13.6. The summed E-state index contributed by atoms with van der Waals surface area (Å²) < 4.78 is 84.3. The summed E-state index contributed by atoms with van der Waals surface area (Å²) in [5, 5.41) is 0. The first kappa shape index (κ1) is 92.5. The number of sulfonamides is 3. The Morgan fingerprint density at radius 3 is 0.821 bits per heavy atom. The van der Waals surface area contributed by atoms with Gasteiger partial charge in [-0.05, 0) is 280 Å². The highest BCUT2D eigenvalue weighted by Crippen LogP contribution is 2.34. The monoisotopic (exact) mass is 1640 g/mol. The molecular formula is C99H128N6O9S3. The van der Waals surface area contributed by atoms with E-state index < -0.39 is 30.1 Å². The van der Waals surface area contributed by atoms with Gasteiger partial charge in [-0.1, -0.05) is 186 Å². The van der Waals surface area contributed by atoms with Gasteiger partial charge in [-0.2, -0.15) is 12.9 Å². The van der Waals surface area contributed by atoms with Crippen molar-refractivity contribution in [3.63, 3.8) is 0 Å². The molecule has 0 spiro atoms. The number of benzene rings is 9. The van der Waals surface area contributed by atoms with Gasteiger partial charge in [-0.3, -0.25) is 29.1 Å². The Labute approximate surface area is 702 Å². The number of aryl methyl sites for hydroxylation is 8. The van der Waals surface area contributed by atoms with Crippen molar-refractivity contribution in [2.45, 2.75) is 253 Å². The molecule has 15 nitrogen and oxygen atoms in total. The molecule has 3 aliphatic heterocycles. The van der Waals surface area contributed by atoms with Crippen molar-refractivity contribution in [3.8, 4) is 0 Å². The van der Waals surface area contributed by atoms with Crippen LogP contribution in [0.3, 0.4) is 0 Å². The molecule has 0 atom stereocenters. The average molecular weight is 1640 g/mol. The van der Waals surface area contributed by atoms with Gasteiger partial charge in [0.15, 0.2) is 17.3 Å². The molecule has 626 valence electrons. The van der Waals surface area contributed by atoms with Gasteiger partial charge in [-0.25, -0.2) is 25.3 Å². The molecule has 0 fully saturated rings. The standard InChI is InChI=1S/C34H44N2O3S.2C32H40N2O3S.CH4/c1-24-10-12-28(13-11-24)22-35(34(5,6)7)17-8-9-32(37)30-14-15-31-23-36(18-16-29(31)21-30)40(38,39)33-26(3)19-25(2)20-27(33)4;2*1-24-8-12-26(13-9-24)22-33(32(3,4)5)19-6-7-31(35)28-14-15-29-23-34(20-18-27(29)21-28)38(36,37)30-16-10-25(2)11-17-30;/h10-15,19-21H,8-9,16-18,22-23H2,1-7H3;2*8-17,21H,6-7,18-20,22-23H2,1-5H3;1H4. The molecule has 117 heavy (non-hydrogen) atoms. The number of nitrogens with zero attached hydrogens (tertiary/aromatic N) is 6. The summed E-state index contributed by atoms with van der Waals surface area (Å²) >= 11 is 0. The number of carbonyl (C=O) groups excluding carboxylic acids is 3. The lowest BCUT2D eigenvalue weighted by atomic mass is 9.95. The van der Waals surface area contributed by atoms with Gasteiger partial charge in [-0.15, -0.1) is 0 Å². The molecule has 0 bridgehead atoms. The molecule has 12 rings (SSSR count). The number of hydrogen-bond donors (Lipinski definition) is 0. The zero-order valence-corrected chi connectivity index (χ0v) is 74.3. The van der Waals surface area contributed by atoms with Crippen LogP contribution in [-0.2, 0) is 88.6 Å². The minimum atomic E-state index is -3.60. The number of ketones is 3. The third kappa shape index (κ3) is 24.9. The zero-order valence-electron chi connectivity index (χ0n) is 71.8. The van der Waals surface area contributed by atoms with Crippen molar-refractivity contribution in [1.29, 1.82) is 0 Å². The normalized spacial score (nSPS) is 14.3. The molecule has 0 unspecified atom stereocenters. The molecule has 3 heterocycles. The predicted molar refractivity (Wildman–Crippen MR) is 478 cm³/mol. The van der Waals surface area contributed by atoms with E-state index in [1.165, 1.54) is 42.0 Å². The van der Waals surface area contributed by atoms with Crippen LogP contribution in [0.4, 0.5) is 0 Å². The SMILES string of the molecule is C.Cc1ccc(CN(CCCC(=O)c2ccc3c(c2)CCN(S(=O)(=O)c2c(C)cc(C)cc2C)C3)C(C)(C)C)cc1.Cc1ccc(CN(CCCC(=O)c2ccc3c(c2)CCN(S(=O)(=O)c2ccc(C)cc2)C3)C(C)(C)C)cc1.Cc1ccc(CN(CCCC(=O)c2ccc3c(c2)CCN(S(=O)(=O)c2ccc(C)cc2)C3)C(C)(C)C)cc1. The van der Waals surface area contributed by atoms with Gasteiger partial charge in [0.05, 0.1) is 14.7 Å². The number of hydrogen-bond acceptors (Lipinski definition) is 12. The summed E-state index contributed by atoms with van der Waals surface area (Å²) in [4.78, 5) is 47.6. The second-order valence-electron chi connectivity index (χ2n) is 35.4. The van der Waals surface area contributed by atoms with Gasteiger partial charge in [0, 0.05) is 111 Å². The molecule has 9 aromatic carbocycles. The molecule has 0 N–H and O–H groups in total. The molecule has 18 heteroatoms. The van der Waals surface area contributed by atoms with Crippen LogP contribution in [0.1, 0.15) is 234 Å². The van der Waals surface area contributed by atoms with E-state index in [1.807, 2.05) is 126 Å². The lowest BCUT2D eigenvalue weighted by molar-refractivity contribution is 0.0939. The third-order valence-corrected chi connectivity index (χ3v) is 28.7. The smallest absolute Gasteiger partial charge is 0.243 e. The van der Waals surface area contributed by atoms with E-state index in [2.05, 4.69) is 171 Å². The van der Waals surface area contributed by atoms with E-state index in [-0.39, 0.29) is 41.4 Å². The van der Waals surface area contributed by atoms with E-state index in [0.717, 1.165) is 136 Å². The van der Waals surface area contributed by atoms with Crippen molar-refractivity contribution < 1.29 is 39.6 Å². The Kier molecular flexibility index (Phi) is 31.3.